The van der Waals surface area contributed by atoms with Gasteiger partial charge in [-0.1, -0.05) is 11.3 Å². The van der Waals surface area contributed by atoms with E-state index in [1.807, 2.05) is 0 Å². The molecule has 1 fully saturated rings. The van der Waals surface area contributed by atoms with Crippen molar-refractivity contribution in [3.8, 4) is 0 Å². The van der Waals surface area contributed by atoms with Crippen molar-refractivity contribution in [3.05, 3.63) is 27.1 Å². The average molecular weight is 363 g/mol. The molecule has 0 aliphatic carbocycles. The zero-order valence-corrected chi connectivity index (χ0v) is 14.2. The fourth-order valence-corrected chi connectivity index (χ4v) is 3.14. The van der Waals surface area contributed by atoms with Gasteiger partial charge in [-0.15, -0.1) is 12.4 Å². The fraction of sp³-hybridized carbons (Fsp3) is 0.538. The van der Waals surface area contributed by atoms with E-state index in [4.69, 9.17) is 5.73 Å². The van der Waals surface area contributed by atoms with Gasteiger partial charge < -0.3 is 16.0 Å². The number of carbonyl (C=O) groups is 2. The number of nitro groups is 1. The lowest BCUT2D eigenvalue weighted by Crippen LogP contribution is -2.49. The Labute approximate surface area is 143 Å². The number of carbonyl (C=O) groups excluding carboxylic acids is 2. The predicted octanol–water partition coefficient (Wildman–Crippen LogP) is 1.15. The molecule has 0 saturated carbocycles. The molecule has 23 heavy (non-hydrogen) atoms. The number of rotatable bonds is 5. The Kier molecular flexibility index (Phi) is 6.92. The number of likely N-dealkylation sites (tertiary alicyclic amines) is 1. The Morgan fingerprint density at radius 2 is 2.26 bits per heavy atom. The molecule has 1 aliphatic heterocycles. The molecule has 1 aliphatic rings. The zero-order chi connectivity index (χ0) is 16.3. The molecule has 8 nitrogen and oxygen atoms in total. The summed E-state index contributed by atoms with van der Waals surface area (Å²) in [5, 5.41) is 13.4. The first-order valence-electron chi connectivity index (χ1n) is 6.99. The lowest BCUT2D eigenvalue weighted by atomic mass is 10.2. The summed E-state index contributed by atoms with van der Waals surface area (Å²) in [6.45, 7) is 2.59. The van der Waals surface area contributed by atoms with E-state index in [0.717, 1.165) is 17.8 Å². The minimum Gasteiger partial charge on any atom is -0.351 e. The molecule has 1 saturated heterocycles. The molecule has 0 aromatic carbocycles. The molecule has 10 heteroatoms. The molecular weight excluding hydrogens is 344 g/mol. The third kappa shape index (κ3) is 4.40. The van der Waals surface area contributed by atoms with E-state index in [-0.39, 0.29) is 40.1 Å². The van der Waals surface area contributed by atoms with E-state index in [1.54, 1.807) is 6.92 Å². The van der Waals surface area contributed by atoms with Gasteiger partial charge in [-0.25, -0.2) is 0 Å². The van der Waals surface area contributed by atoms with Gasteiger partial charge in [0.2, 0.25) is 5.91 Å². The maximum Gasteiger partial charge on any atom is 0.324 e. The Bertz CT molecular complexity index is 594. The summed E-state index contributed by atoms with van der Waals surface area (Å²) in [7, 11) is 0. The second kappa shape index (κ2) is 8.23. The number of nitrogens with two attached hydrogens (primary N) is 1. The Morgan fingerprint density at radius 1 is 1.57 bits per heavy atom. The van der Waals surface area contributed by atoms with Crippen LogP contribution in [-0.4, -0.2) is 46.8 Å². The van der Waals surface area contributed by atoms with Gasteiger partial charge in [-0.05, 0) is 25.8 Å². The SMILES string of the molecule is C[C@@H](CN)NC(=O)C1CCCN1C(=O)c1ccc([N+](=O)[O-])s1.Cl. The number of amides is 2. The number of hydrogen-bond donors (Lipinski definition) is 2. The zero-order valence-electron chi connectivity index (χ0n) is 12.6. The summed E-state index contributed by atoms with van der Waals surface area (Å²) in [4.78, 5) is 36.6. The first-order valence-corrected chi connectivity index (χ1v) is 7.81. The average Bonchev–Trinajstić information content (AvgIpc) is 3.15. The van der Waals surface area contributed by atoms with Gasteiger partial charge >= 0.3 is 5.00 Å². The van der Waals surface area contributed by atoms with Crippen LogP contribution in [0.4, 0.5) is 5.00 Å². The molecule has 1 aromatic heterocycles. The third-order valence-electron chi connectivity index (χ3n) is 3.54. The highest BCUT2D eigenvalue weighted by molar-refractivity contribution is 7.17. The molecule has 128 valence electrons. The van der Waals surface area contributed by atoms with Crippen LogP contribution in [0.25, 0.3) is 0 Å². The van der Waals surface area contributed by atoms with Crippen molar-refractivity contribution in [2.75, 3.05) is 13.1 Å². The smallest absolute Gasteiger partial charge is 0.324 e. The molecular formula is C13H19ClN4O4S. The Balaban J connectivity index is 0.00000264. The van der Waals surface area contributed by atoms with Crippen molar-refractivity contribution < 1.29 is 14.5 Å². The maximum atomic E-state index is 12.5. The van der Waals surface area contributed by atoms with Crippen molar-refractivity contribution in [2.45, 2.75) is 31.8 Å². The number of nitrogens with zero attached hydrogens (tertiary/aromatic N) is 2. The van der Waals surface area contributed by atoms with Crippen molar-refractivity contribution in [2.24, 2.45) is 5.73 Å². The predicted molar refractivity (Wildman–Crippen MR) is 88.9 cm³/mol. The molecule has 2 heterocycles. The number of halogens is 1. The van der Waals surface area contributed by atoms with Crippen LogP contribution in [0.5, 0.6) is 0 Å². The number of thiophene rings is 1. The normalized spacial score (nSPS) is 18.2. The molecule has 2 amide bonds. The molecule has 0 bridgehead atoms. The van der Waals surface area contributed by atoms with Crippen LogP contribution >= 0.6 is 23.7 Å². The van der Waals surface area contributed by atoms with Crippen LogP contribution in [0.2, 0.25) is 0 Å². The minimum absolute atomic E-state index is 0. The maximum absolute atomic E-state index is 12.5. The number of hydrogen-bond acceptors (Lipinski definition) is 6. The second-order valence-electron chi connectivity index (χ2n) is 5.20. The fourth-order valence-electron chi connectivity index (χ4n) is 2.36. The van der Waals surface area contributed by atoms with Crippen LogP contribution in [0.15, 0.2) is 12.1 Å². The quantitative estimate of drug-likeness (QED) is 0.601. The van der Waals surface area contributed by atoms with Gasteiger partial charge in [0, 0.05) is 25.2 Å². The summed E-state index contributed by atoms with van der Waals surface area (Å²) in [6.07, 6.45) is 1.32. The Morgan fingerprint density at radius 3 is 2.83 bits per heavy atom. The summed E-state index contributed by atoms with van der Waals surface area (Å²) < 4.78 is 0. The third-order valence-corrected chi connectivity index (χ3v) is 4.57. The van der Waals surface area contributed by atoms with Crippen LogP contribution in [0, 0.1) is 10.1 Å². The van der Waals surface area contributed by atoms with Crippen LogP contribution in [0.3, 0.4) is 0 Å². The van der Waals surface area contributed by atoms with E-state index >= 15 is 0 Å². The van der Waals surface area contributed by atoms with E-state index in [0.29, 0.717) is 19.5 Å². The first-order chi connectivity index (χ1) is 10.4. The molecule has 2 atom stereocenters. The molecule has 0 radical (unpaired) electrons. The lowest BCUT2D eigenvalue weighted by Gasteiger charge is -2.24. The van der Waals surface area contributed by atoms with Gasteiger partial charge in [0.05, 0.1) is 9.80 Å². The van der Waals surface area contributed by atoms with Crippen molar-refractivity contribution >= 4 is 40.6 Å². The van der Waals surface area contributed by atoms with Crippen LogP contribution in [0.1, 0.15) is 29.4 Å². The van der Waals surface area contributed by atoms with Gasteiger partial charge in [0.15, 0.2) is 0 Å². The van der Waals surface area contributed by atoms with E-state index in [2.05, 4.69) is 5.32 Å². The standard InChI is InChI=1S/C13H18N4O4S.ClH/c1-8(7-14)15-12(18)9-3-2-6-16(9)13(19)10-4-5-11(22-10)17(20)21;/h4-5,8-9H,2-3,6-7,14H2,1H3,(H,15,18);1H/t8-,9?;/m0./s1. The molecule has 1 aromatic rings. The molecule has 2 rings (SSSR count). The lowest BCUT2D eigenvalue weighted by molar-refractivity contribution is -0.380. The minimum atomic E-state index is -0.539. The van der Waals surface area contributed by atoms with Crippen molar-refractivity contribution in [1.82, 2.24) is 10.2 Å². The summed E-state index contributed by atoms with van der Waals surface area (Å²) in [5.41, 5.74) is 5.48. The highest BCUT2D eigenvalue weighted by Gasteiger charge is 2.35. The summed E-state index contributed by atoms with van der Waals surface area (Å²) >= 11 is 0.826. The van der Waals surface area contributed by atoms with Gasteiger partial charge in [0.1, 0.15) is 6.04 Å². The molecule has 1 unspecified atom stereocenters. The van der Waals surface area contributed by atoms with Gasteiger partial charge in [-0.3, -0.25) is 19.7 Å². The topological polar surface area (TPSA) is 119 Å². The van der Waals surface area contributed by atoms with E-state index < -0.39 is 11.0 Å². The largest absolute Gasteiger partial charge is 0.351 e. The first kappa shape index (κ1) is 19.3. The second-order valence-corrected chi connectivity index (χ2v) is 6.26. The highest BCUT2D eigenvalue weighted by Crippen LogP contribution is 2.28. The molecule has 0 spiro atoms. The number of nitrogens with one attached hydrogen (secondary N) is 1. The van der Waals surface area contributed by atoms with E-state index in [9.17, 15) is 19.7 Å². The molecule has 3 N–H and O–H groups in total. The van der Waals surface area contributed by atoms with Gasteiger partial charge in [0.25, 0.3) is 5.91 Å². The monoisotopic (exact) mass is 362 g/mol. The van der Waals surface area contributed by atoms with Crippen LogP contribution in [-0.2, 0) is 4.79 Å². The van der Waals surface area contributed by atoms with Gasteiger partial charge in [-0.2, -0.15) is 0 Å². The summed E-state index contributed by atoms with van der Waals surface area (Å²) in [5.74, 6) is -0.564. The van der Waals surface area contributed by atoms with Crippen molar-refractivity contribution in [3.63, 3.8) is 0 Å². The van der Waals surface area contributed by atoms with E-state index in [1.165, 1.54) is 17.0 Å². The van der Waals surface area contributed by atoms with Crippen molar-refractivity contribution in [1.29, 1.82) is 0 Å². The highest BCUT2D eigenvalue weighted by atomic mass is 35.5. The van der Waals surface area contributed by atoms with Crippen LogP contribution < -0.4 is 11.1 Å². The summed E-state index contributed by atoms with van der Waals surface area (Å²) in [6, 6.07) is 2.04. The Hall–Kier alpha value is -1.71.